The molecule has 0 saturated carbocycles. The van der Waals surface area contributed by atoms with Gasteiger partial charge in [-0.3, -0.25) is 0 Å². The second-order valence-electron chi connectivity index (χ2n) is 5.44. The molecule has 124 valence electrons. The summed E-state index contributed by atoms with van der Waals surface area (Å²) in [6, 6.07) is 1.77. The van der Waals surface area contributed by atoms with E-state index in [1.54, 1.807) is 18.5 Å². The minimum atomic E-state index is -0.508. The van der Waals surface area contributed by atoms with Crippen LogP contribution in [-0.4, -0.2) is 35.6 Å². The molecule has 0 aliphatic rings. The fourth-order valence-electron chi connectivity index (χ4n) is 2.00. The Bertz CT molecular complexity index is 703. The zero-order valence-corrected chi connectivity index (χ0v) is 14.5. The van der Waals surface area contributed by atoms with Crippen molar-refractivity contribution in [2.45, 2.75) is 27.2 Å². The monoisotopic (exact) mass is 336 g/mol. The van der Waals surface area contributed by atoms with E-state index in [2.05, 4.69) is 5.10 Å². The highest BCUT2D eigenvalue weighted by atomic mass is 32.1. The summed E-state index contributed by atoms with van der Waals surface area (Å²) in [4.78, 5) is 25.2. The molecule has 2 aromatic rings. The molecule has 0 unspecified atom stereocenters. The summed E-state index contributed by atoms with van der Waals surface area (Å²) >= 11 is 1.39. The molecule has 0 N–H and O–H groups in total. The maximum absolute atomic E-state index is 11.9. The summed E-state index contributed by atoms with van der Waals surface area (Å²) in [6.45, 7) is 6.29. The van der Waals surface area contributed by atoms with Crippen LogP contribution >= 0.6 is 11.3 Å². The number of rotatable bonds is 5. The quantitative estimate of drug-likeness (QED) is 0.780. The van der Waals surface area contributed by atoms with Gasteiger partial charge in [0.05, 0.1) is 19.9 Å². The molecule has 2 heterocycles. The molecule has 23 heavy (non-hydrogen) atoms. The van der Waals surface area contributed by atoms with Gasteiger partial charge in [-0.1, -0.05) is 20.8 Å². The fourth-order valence-corrected chi connectivity index (χ4v) is 3.04. The first kappa shape index (κ1) is 17.2. The summed E-state index contributed by atoms with van der Waals surface area (Å²) in [5.41, 5.74) is 1.66. The number of nitrogens with zero attached hydrogens (tertiary/aromatic N) is 2. The molecule has 0 bridgehead atoms. The molecular weight excluding hydrogens is 316 g/mol. The van der Waals surface area contributed by atoms with Gasteiger partial charge < -0.3 is 9.47 Å². The molecule has 0 spiro atoms. The van der Waals surface area contributed by atoms with Crippen molar-refractivity contribution in [3.8, 4) is 11.1 Å². The Balaban J connectivity index is 2.24. The lowest BCUT2D eigenvalue weighted by atomic mass is 10.1. The number of hydrogen-bond acceptors (Lipinski definition) is 6. The Morgan fingerprint density at radius 1 is 1.39 bits per heavy atom. The molecule has 0 aromatic carbocycles. The zero-order valence-electron chi connectivity index (χ0n) is 13.7. The molecule has 0 amide bonds. The lowest BCUT2D eigenvalue weighted by Gasteiger charge is -2.05. The summed E-state index contributed by atoms with van der Waals surface area (Å²) in [7, 11) is 1.36. The van der Waals surface area contributed by atoms with E-state index in [1.807, 2.05) is 20.8 Å². The second kappa shape index (κ2) is 7.41. The molecular formula is C16H20N2O4S. The van der Waals surface area contributed by atoms with Gasteiger partial charge in [-0.2, -0.15) is 9.78 Å². The van der Waals surface area contributed by atoms with Crippen molar-refractivity contribution >= 4 is 23.4 Å². The Labute approximate surface area is 139 Å². The van der Waals surface area contributed by atoms with Crippen molar-refractivity contribution < 1.29 is 19.1 Å². The summed E-state index contributed by atoms with van der Waals surface area (Å²) in [5.74, 6) is -0.0974. The molecule has 0 radical (unpaired) electrons. The highest BCUT2D eigenvalue weighted by molar-refractivity contribution is 7.14. The van der Waals surface area contributed by atoms with Gasteiger partial charge in [-0.05, 0) is 24.0 Å². The SMILES string of the molecule is CCc1sc(C(=O)OC)cc1-c1cnn(C(=O)OCC(C)C)c1. The third kappa shape index (κ3) is 3.98. The number of esters is 1. The lowest BCUT2D eigenvalue weighted by molar-refractivity contribution is 0.0606. The number of carbonyl (C=O) groups is 2. The number of aryl methyl sites for hydroxylation is 1. The largest absolute Gasteiger partial charge is 0.465 e. The topological polar surface area (TPSA) is 70.4 Å². The van der Waals surface area contributed by atoms with Crippen LogP contribution in [0, 0.1) is 5.92 Å². The summed E-state index contributed by atoms with van der Waals surface area (Å²) in [5, 5.41) is 4.05. The molecule has 7 heteroatoms. The smallest absolute Gasteiger partial charge is 0.434 e. The van der Waals surface area contributed by atoms with Crippen LogP contribution in [0.2, 0.25) is 0 Å². The van der Waals surface area contributed by atoms with Crippen LogP contribution in [0.1, 0.15) is 35.3 Å². The summed E-state index contributed by atoms with van der Waals surface area (Å²) in [6.07, 6.45) is 3.48. The van der Waals surface area contributed by atoms with Crippen molar-refractivity contribution in [3.05, 3.63) is 28.2 Å². The predicted molar refractivity (Wildman–Crippen MR) is 87.8 cm³/mol. The lowest BCUT2D eigenvalue weighted by Crippen LogP contribution is -2.16. The highest BCUT2D eigenvalue weighted by Gasteiger charge is 2.18. The third-order valence-electron chi connectivity index (χ3n) is 3.14. The molecule has 2 rings (SSSR count). The van der Waals surface area contributed by atoms with Gasteiger partial charge in [0, 0.05) is 16.6 Å². The van der Waals surface area contributed by atoms with Crippen LogP contribution in [0.4, 0.5) is 4.79 Å². The van der Waals surface area contributed by atoms with Gasteiger partial charge in [0.25, 0.3) is 0 Å². The van der Waals surface area contributed by atoms with Gasteiger partial charge in [0.1, 0.15) is 4.88 Å². The van der Waals surface area contributed by atoms with Crippen LogP contribution in [-0.2, 0) is 15.9 Å². The first-order valence-electron chi connectivity index (χ1n) is 7.39. The number of hydrogen-bond donors (Lipinski definition) is 0. The molecule has 0 fully saturated rings. The minimum absolute atomic E-state index is 0.264. The van der Waals surface area contributed by atoms with Gasteiger partial charge >= 0.3 is 12.1 Å². The molecule has 0 atom stereocenters. The number of thiophene rings is 1. The van der Waals surface area contributed by atoms with Crippen LogP contribution in [0.3, 0.4) is 0 Å². The average Bonchev–Trinajstić information content (AvgIpc) is 3.17. The van der Waals surface area contributed by atoms with Crippen LogP contribution in [0.5, 0.6) is 0 Å². The molecule has 2 aromatic heterocycles. The number of carbonyl (C=O) groups excluding carboxylic acids is 2. The number of ether oxygens (including phenoxy) is 2. The number of methoxy groups -OCH3 is 1. The third-order valence-corrected chi connectivity index (χ3v) is 4.40. The Hall–Kier alpha value is -2.15. The van der Waals surface area contributed by atoms with E-state index in [1.165, 1.54) is 23.1 Å². The van der Waals surface area contributed by atoms with Crippen LogP contribution < -0.4 is 0 Å². The van der Waals surface area contributed by atoms with Gasteiger partial charge in [-0.25, -0.2) is 9.59 Å². The number of aromatic nitrogens is 2. The molecule has 0 aliphatic carbocycles. The van der Waals surface area contributed by atoms with Gasteiger partial charge in [0.15, 0.2) is 0 Å². The predicted octanol–water partition coefficient (Wildman–Crippen LogP) is 3.60. The maximum Gasteiger partial charge on any atom is 0.434 e. The van der Waals surface area contributed by atoms with Crippen LogP contribution in [0.15, 0.2) is 18.5 Å². The molecule has 0 saturated heterocycles. The van der Waals surface area contributed by atoms with Crippen molar-refractivity contribution in [2.24, 2.45) is 5.92 Å². The van der Waals surface area contributed by atoms with Crippen molar-refractivity contribution in [1.82, 2.24) is 9.78 Å². The van der Waals surface area contributed by atoms with Crippen molar-refractivity contribution in [3.63, 3.8) is 0 Å². The Morgan fingerprint density at radius 2 is 2.13 bits per heavy atom. The highest BCUT2D eigenvalue weighted by Crippen LogP contribution is 2.32. The Morgan fingerprint density at radius 3 is 2.74 bits per heavy atom. The second-order valence-corrected chi connectivity index (χ2v) is 6.57. The van der Waals surface area contributed by atoms with E-state index in [9.17, 15) is 9.59 Å². The van der Waals surface area contributed by atoms with E-state index < -0.39 is 6.09 Å². The zero-order chi connectivity index (χ0) is 17.0. The van der Waals surface area contributed by atoms with Crippen LogP contribution in [0.25, 0.3) is 11.1 Å². The van der Waals surface area contributed by atoms with E-state index in [4.69, 9.17) is 9.47 Å². The van der Waals surface area contributed by atoms with E-state index >= 15 is 0 Å². The van der Waals surface area contributed by atoms with Gasteiger partial charge in [0.2, 0.25) is 0 Å². The Kier molecular flexibility index (Phi) is 5.54. The van der Waals surface area contributed by atoms with Crippen molar-refractivity contribution in [2.75, 3.05) is 13.7 Å². The normalized spacial score (nSPS) is 10.8. The van der Waals surface area contributed by atoms with E-state index in [0.717, 1.165) is 22.4 Å². The molecule has 0 aliphatic heterocycles. The first-order chi connectivity index (χ1) is 11.0. The molecule has 6 nitrogen and oxygen atoms in total. The first-order valence-corrected chi connectivity index (χ1v) is 8.21. The van der Waals surface area contributed by atoms with E-state index in [0.29, 0.717) is 11.5 Å². The minimum Gasteiger partial charge on any atom is -0.465 e. The van der Waals surface area contributed by atoms with Gasteiger partial charge in [-0.15, -0.1) is 11.3 Å². The maximum atomic E-state index is 11.9. The summed E-state index contributed by atoms with van der Waals surface area (Å²) < 4.78 is 11.1. The fraction of sp³-hybridized carbons (Fsp3) is 0.438. The average molecular weight is 336 g/mol. The standard InChI is InChI=1S/C16H20N2O4S/c1-5-13-12(6-14(23-13)15(19)21-4)11-7-17-18(8-11)16(20)22-9-10(2)3/h6-8,10H,5,9H2,1-4H3. The van der Waals surface area contributed by atoms with Crippen molar-refractivity contribution in [1.29, 1.82) is 0 Å². The van der Waals surface area contributed by atoms with E-state index in [-0.39, 0.29) is 11.9 Å².